The average molecular weight is 1240 g/mol. The lowest BCUT2D eigenvalue weighted by Crippen LogP contribution is -2.11. The SMILES string of the molecule is CC[C@H](C)COC(=O)c1ccc(-c2ccc(OCCCCCCCOc3ccc(C=Nc4ccc(N=Cc5ccc(OCCCCCCCOc6ccc(-c7ccc(C(=O)OC[C@@H](C)CC)cc7)cc6)c(Br)c5)cc4)cc3Br)cc2)cc1. The number of hydrogen-bond donors (Lipinski definition) is 0. The standard InChI is InChI=1S/C70H78Br2N2O8/c1-5-51(3)49-81-69(75)59-23-19-55(20-24-59)57-27-35-63(36-28-57)77-41-13-9-7-11-15-43-79-67-39-17-53(45-65(67)71)47-73-61-31-33-62(34-32-61)74-48-54-18-40-68(66(72)46-54)80-44-16-12-8-10-14-42-78-64-37-29-58(30-38-64)56-21-25-60(26-22-56)70(76)82-50-52(4)6-2/h17-40,45-48,51-52H,5-16,41-44,49-50H2,1-4H3/t51-,52-/m0/s1. The Hall–Kier alpha value is -7.02. The molecular weight excluding hydrogens is 1160 g/mol. The van der Waals surface area contributed by atoms with Gasteiger partial charge in [0.05, 0.1) is 71.1 Å². The summed E-state index contributed by atoms with van der Waals surface area (Å²) in [6.45, 7) is 11.9. The number of nitrogens with zero attached hydrogens (tertiary/aromatic N) is 2. The molecule has 0 N–H and O–H groups in total. The molecule has 0 saturated carbocycles. The minimum absolute atomic E-state index is 0.278. The molecule has 7 rings (SSSR count). The fraction of sp³-hybridized carbons (Fsp3) is 0.343. The van der Waals surface area contributed by atoms with Crippen LogP contribution in [0.4, 0.5) is 11.4 Å². The van der Waals surface area contributed by atoms with Crippen LogP contribution in [-0.2, 0) is 9.47 Å². The van der Waals surface area contributed by atoms with Crippen molar-refractivity contribution in [1.82, 2.24) is 0 Å². The maximum Gasteiger partial charge on any atom is 0.338 e. The fourth-order valence-corrected chi connectivity index (χ4v) is 9.51. The normalized spacial score (nSPS) is 12.1. The maximum absolute atomic E-state index is 12.4. The number of hydrogen-bond acceptors (Lipinski definition) is 10. The zero-order valence-electron chi connectivity index (χ0n) is 48.0. The van der Waals surface area contributed by atoms with E-state index in [0.29, 0.717) is 62.6 Å². The molecule has 0 unspecified atom stereocenters. The van der Waals surface area contributed by atoms with E-state index in [2.05, 4.69) is 69.5 Å². The number of esters is 2. The monoisotopic (exact) mass is 1230 g/mol. The third kappa shape index (κ3) is 21.4. The van der Waals surface area contributed by atoms with Crippen LogP contribution in [0.1, 0.15) is 137 Å². The van der Waals surface area contributed by atoms with Gasteiger partial charge < -0.3 is 28.4 Å². The molecular formula is C70H78Br2N2O8. The van der Waals surface area contributed by atoms with E-state index in [9.17, 15) is 9.59 Å². The molecule has 0 aromatic heterocycles. The Labute approximate surface area is 503 Å². The summed E-state index contributed by atoms with van der Waals surface area (Å²) in [4.78, 5) is 34.1. The number of rotatable bonds is 34. The van der Waals surface area contributed by atoms with E-state index >= 15 is 0 Å². The number of carbonyl (C=O) groups excluding carboxylic acids is 2. The molecule has 82 heavy (non-hydrogen) atoms. The molecule has 0 aliphatic carbocycles. The third-order valence-electron chi connectivity index (χ3n) is 14.1. The van der Waals surface area contributed by atoms with Crippen molar-refractivity contribution in [2.24, 2.45) is 21.8 Å². The molecule has 0 spiro atoms. The molecule has 0 radical (unpaired) electrons. The molecule has 0 saturated heterocycles. The zero-order chi connectivity index (χ0) is 57.7. The summed E-state index contributed by atoms with van der Waals surface area (Å²) in [5.74, 6) is 3.51. The zero-order valence-corrected chi connectivity index (χ0v) is 51.1. The predicted molar refractivity (Wildman–Crippen MR) is 341 cm³/mol. The van der Waals surface area contributed by atoms with Gasteiger partial charge in [0.15, 0.2) is 0 Å². The van der Waals surface area contributed by atoms with Gasteiger partial charge in [0, 0.05) is 12.4 Å². The largest absolute Gasteiger partial charge is 0.494 e. The van der Waals surface area contributed by atoms with Crippen LogP contribution >= 0.6 is 31.9 Å². The van der Waals surface area contributed by atoms with Crippen LogP contribution in [0.5, 0.6) is 23.0 Å². The highest BCUT2D eigenvalue weighted by Gasteiger charge is 2.12. The molecule has 12 heteroatoms. The van der Waals surface area contributed by atoms with E-state index < -0.39 is 0 Å². The topological polar surface area (TPSA) is 114 Å². The number of ether oxygens (including phenoxy) is 6. The van der Waals surface area contributed by atoms with E-state index in [1.807, 2.05) is 170 Å². The smallest absolute Gasteiger partial charge is 0.338 e. The quantitative estimate of drug-likeness (QED) is 0.0223. The number of unbranched alkanes of at least 4 members (excludes halogenated alkanes) is 8. The number of halogens is 2. The highest BCUT2D eigenvalue weighted by molar-refractivity contribution is 9.11. The van der Waals surface area contributed by atoms with Crippen LogP contribution in [0.15, 0.2) is 177 Å². The van der Waals surface area contributed by atoms with Crippen LogP contribution < -0.4 is 18.9 Å². The third-order valence-corrected chi connectivity index (χ3v) is 15.4. The first-order chi connectivity index (χ1) is 40.0. The van der Waals surface area contributed by atoms with Gasteiger partial charge in [0.2, 0.25) is 0 Å². The van der Waals surface area contributed by atoms with E-state index in [4.69, 9.17) is 28.4 Å². The molecule has 0 fully saturated rings. The van der Waals surface area contributed by atoms with Crippen molar-refractivity contribution in [3.8, 4) is 45.3 Å². The Bertz CT molecular complexity index is 2880. The van der Waals surface area contributed by atoms with Gasteiger partial charge in [0.1, 0.15) is 23.0 Å². The summed E-state index contributed by atoms with van der Waals surface area (Å²) < 4.78 is 36.9. The van der Waals surface area contributed by atoms with Gasteiger partial charge >= 0.3 is 11.9 Å². The van der Waals surface area contributed by atoms with Gasteiger partial charge in [-0.3, -0.25) is 9.98 Å². The first kappa shape index (κ1) is 62.6. The van der Waals surface area contributed by atoms with Crippen molar-refractivity contribution in [3.63, 3.8) is 0 Å². The number of benzene rings is 7. The summed E-state index contributed by atoms with van der Waals surface area (Å²) in [6.07, 6.45) is 16.3. The highest BCUT2D eigenvalue weighted by Crippen LogP contribution is 2.30. The van der Waals surface area contributed by atoms with Gasteiger partial charge in [-0.25, -0.2) is 9.59 Å². The lowest BCUT2D eigenvalue weighted by molar-refractivity contribution is 0.0438. The second-order valence-electron chi connectivity index (χ2n) is 20.8. The van der Waals surface area contributed by atoms with Gasteiger partial charge in [0.25, 0.3) is 0 Å². The molecule has 0 bridgehead atoms. The summed E-state index contributed by atoms with van der Waals surface area (Å²) in [6, 6.07) is 51.2. The van der Waals surface area contributed by atoms with Crippen LogP contribution in [0.25, 0.3) is 22.3 Å². The Morgan fingerprint density at radius 2 is 0.732 bits per heavy atom. The lowest BCUT2D eigenvalue weighted by Gasteiger charge is -2.10. The molecule has 0 heterocycles. The first-order valence-electron chi connectivity index (χ1n) is 29.1. The minimum atomic E-state index is -0.278. The minimum Gasteiger partial charge on any atom is -0.494 e. The molecule has 7 aromatic rings. The number of aliphatic imine (C=N–C) groups is 2. The predicted octanol–water partition coefficient (Wildman–Crippen LogP) is 19.3. The van der Waals surface area contributed by atoms with Crippen molar-refractivity contribution in [1.29, 1.82) is 0 Å². The summed E-state index contributed by atoms with van der Waals surface area (Å²) in [5, 5.41) is 0. The summed E-state index contributed by atoms with van der Waals surface area (Å²) >= 11 is 7.37. The van der Waals surface area contributed by atoms with Gasteiger partial charge in [-0.2, -0.15) is 0 Å². The van der Waals surface area contributed by atoms with Crippen LogP contribution in [-0.4, -0.2) is 64.0 Å². The second kappa shape index (κ2) is 34.4. The Morgan fingerprint density at radius 1 is 0.415 bits per heavy atom. The molecule has 0 amide bonds. The van der Waals surface area contributed by atoms with Crippen molar-refractivity contribution in [2.75, 3.05) is 39.6 Å². The van der Waals surface area contributed by atoms with Crippen LogP contribution in [0, 0.1) is 11.8 Å². The van der Waals surface area contributed by atoms with Crippen molar-refractivity contribution in [3.05, 3.63) is 189 Å². The Balaban J connectivity index is 0.700. The second-order valence-corrected chi connectivity index (χ2v) is 22.5. The van der Waals surface area contributed by atoms with E-state index in [1.165, 1.54) is 0 Å². The van der Waals surface area contributed by atoms with E-state index in [0.717, 1.165) is 154 Å². The van der Waals surface area contributed by atoms with Gasteiger partial charge in [-0.15, -0.1) is 0 Å². The van der Waals surface area contributed by atoms with Crippen molar-refractivity contribution in [2.45, 2.75) is 105 Å². The molecule has 10 nitrogen and oxygen atoms in total. The van der Waals surface area contributed by atoms with E-state index in [-0.39, 0.29) is 11.9 Å². The molecule has 430 valence electrons. The molecule has 2 atom stereocenters. The molecule has 0 aliphatic rings. The average Bonchev–Trinajstić information content (AvgIpc) is 3.57. The maximum atomic E-state index is 12.4. The first-order valence-corrected chi connectivity index (χ1v) is 30.7. The van der Waals surface area contributed by atoms with Crippen LogP contribution in [0.3, 0.4) is 0 Å². The Kier molecular flexibility index (Phi) is 26.3. The lowest BCUT2D eigenvalue weighted by atomic mass is 10.0. The van der Waals surface area contributed by atoms with Gasteiger partial charge in [-0.05, 0) is 212 Å². The Morgan fingerprint density at radius 3 is 1.06 bits per heavy atom. The van der Waals surface area contributed by atoms with Crippen molar-refractivity contribution < 1.29 is 38.0 Å². The summed E-state index contributed by atoms with van der Waals surface area (Å²) in [5.41, 5.74) is 8.97. The van der Waals surface area contributed by atoms with Gasteiger partial charge in [-0.1, -0.05) is 128 Å². The van der Waals surface area contributed by atoms with E-state index in [1.54, 1.807) is 0 Å². The van der Waals surface area contributed by atoms with Crippen molar-refractivity contribution >= 4 is 67.6 Å². The summed E-state index contributed by atoms with van der Waals surface area (Å²) in [7, 11) is 0. The molecule has 0 aliphatic heterocycles. The van der Waals surface area contributed by atoms with Crippen LogP contribution in [0.2, 0.25) is 0 Å². The molecule has 7 aromatic carbocycles. The fourth-order valence-electron chi connectivity index (χ4n) is 8.49. The highest BCUT2D eigenvalue weighted by atomic mass is 79.9. The number of carbonyl (C=O) groups is 2.